The van der Waals surface area contributed by atoms with Crippen molar-refractivity contribution in [3.8, 4) is 0 Å². The average Bonchev–Trinajstić information content (AvgIpc) is 2.94. The first-order valence-electron chi connectivity index (χ1n) is 6.98. The number of hydrogen-bond donors (Lipinski definition) is 2. The van der Waals surface area contributed by atoms with Gasteiger partial charge in [-0.05, 0) is 18.7 Å². The van der Waals surface area contributed by atoms with Crippen molar-refractivity contribution in [1.82, 2.24) is 10.3 Å². The molecule has 1 heterocycles. The summed E-state index contributed by atoms with van der Waals surface area (Å²) in [7, 11) is 0. The van der Waals surface area contributed by atoms with Crippen LogP contribution >= 0.6 is 23.1 Å². The van der Waals surface area contributed by atoms with Crippen molar-refractivity contribution in [2.45, 2.75) is 18.9 Å². The zero-order valence-electron chi connectivity index (χ0n) is 12.7. The second kappa shape index (κ2) is 7.76. The van der Waals surface area contributed by atoms with Crippen molar-refractivity contribution in [3.05, 3.63) is 52.0 Å². The maximum atomic E-state index is 12.1. The first kappa shape index (κ1) is 17.0. The summed E-state index contributed by atoms with van der Waals surface area (Å²) in [6.45, 7) is 1.93. The predicted octanol–water partition coefficient (Wildman–Crippen LogP) is 2.58. The molecule has 2 rings (SSSR count). The van der Waals surface area contributed by atoms with Crippen molar-refractivity contribution >= 4 is 29.0 Å². The smallest absolute Gasteiger partial charge is 0.270 e. The lowest BCUT2D eigenvalue weighted by molar-refractivity contribution is 0.0722. The molecule has 22 heavy (non-hydrogen) atoms. The maximum absolute atomic E-state index is 12.1. The summed E-state index contributed by atoms with van der Waals surface area (Å²) < 4.78 is 0. The zero-order chi connectivity index (χ0) is 16.0. The number of thiazole rings is 1. The third-order valence-corrected chi connectivity index (χ3v) is 4.83. The highest BCUT2D eigenvalue weighted by Crippen LogP contribution is 2.15. The van der Waals surface area contributed by atoms with Crippen LogP contribution in [0.25, 0.3) is 0 Å². The Labute approximate surface area is 139 Å². The molecule has 0 aliphatic rings. The molecule has 0 aliphatic carbocycles. The quantitative estimate of drug-likeness (QED) is 0.816. The molecule has 1 aromatic heterocycles. The molecule has 0 bridgehead atoms. The Morgan fingerprint density at radius 1 is 1.41 bits per heavy atom. The Balaban J connectivity index is 1.92. The van der Waals surface area contributed by atoms with E-state index in [4.69, 9.17) is 0 Å². The van der Waals surface area contributed by atoms with Gasteiger partial charge >= 0.3 is 0 Å². The van der Waals surface area contributed by atoms with Crippen LogP contribution in [0.2, 0.25) is 0 Å². The summed E-state index contributed by atoms with van der Waals surface area (Å²) in [6, 6.07) is 10.0. The fourth-order valence-corrected chi connectivity index (χ4v) is 3.52. The van der Waals surface area contributed by atoms with E-state index in [1.807, 2.05) is 36.6 Å². The minimum Gasteiger partial charge on any atom is -0.387 e. The van der Waals surface area contributed by atoms with E-state index in [1.54, 1.807) is 24.1 Å². The number of aromatic nitrogens is 1. The summed E-state index contributed by atoms with van der Waals surface area (Å²) in [5, 5.41) is 15.5. The number of thioether (sulfide) groups is 1. The molecule has 1 amide bonds. The third-order valence-electron chi connectivity index (χ3n) is 3.07. The molecule has 2 aromatic rings. The Kier molecular flexibility index (Phi) is 5.99. The number of carbonyl (C=O) groups excluding carboxylic acids is 1. The number of benzene rings is 1. The lowest BCUT2D eigenvalue weighted by Gasteiger charge is -2.22. The predicted molar refractivity (Wildman–Crippen MR) is 92.7 cm³/mol. The molecule has 0 fully saturated rings. The minimum absolute atomic E-state index is 0.220. The van der Waals surface area contributed by atoms with Crippen LogP contribution in [0.5, 0.6) is 0 Å². The molecule has 118 valence electrons. The number of amides is 1. The van der Waals surface area contributed by atoms with Gasteiger partial charge in [0.25, 0.3) is 5.91 Å². The SMILES string of the molecule is CSCC(C)(O)CNC(=O)c1csc(Cc2ccccc2)n1. The van der Waals surface area contributed by atoms with E-state index in [1.165, 1.54) is 16.9 Å². The summed E-state index contributed by atoms with van der Waals surface area (Å²) in [5.74, 6) is 0.334. The van der Waals surface area contributed by atoms with Gasteiger partial charge in [-0.15, -0.1) is 11.3 Å². The molecule has 2 N–H and O–H groups in total. The largest absolute Gasteiger partial charge is 0.387 e. The van der Waals surface area contributed by atoms with Crippen molar-refractivity contribution in [3.63, 3.8) is 0 Å². The van der Waals surface area contributed by atoms with Crippen LogP contribution in [0.4, 0.5) is 0 Å². The molecule has 0 radical (unpaired) electrons. The van der Waals surface area contributed by atoms with E-state index in [0.717, 1.165) is 11.4 Å². The van der Waals surface area contributed by atoms with Crippen molar-refractivity contribution in [1.29, 1.82) is 0 Å². The van der Waals surface area contributed by atoms with Crippen LogP contribution < -0.4 is 5.32 Å². The average molecular weight is 336 g/mol. The van der Waals surface area contributed by atoms with Gasteiger partial charge in [-0.25, -0.2) is 4.98 Å². The first-order chi connectivity index (χ1) is 10.5. The van der Waals surface area contributed by atoms with Gasteiger partial charge in [-0.2, -0.15) is 11.8 Å². The number of carbonyl (C=O) groups is 1. The van der Waals surface area contributed by atoms with Gasteiger partial charge in [0.05, 0.1) is 10.6 Å². The van der Waals surface area contributed by atoms with Gasteiger partial charge in [-0.3, -0.25) is 4.79 Å². The molecule has 4 nitrogen and oxygen atoms in total. The molecule has 0 saturated heterocycles. The molecule has 1 aromatic carbocycles. The number of hydrogen-bond acceptors (Lipinski definition) is 5. The van der Waals surface area contributed by atoms with E-state index in [9.17, 15) is 9.90 Å². The highest BCUT2D eigenvalue weighted by molar-refractivity contribution is 7.98. The first-order valence-corrected chi connectivity index (χ1v) is 9.25. The van der Waals surface area contributed by atoms with Gasteiger partial charge in [0.2, 0.25) is 0 Å². The number of rotatable bonds is 7. The molecule has 6 heteroatoms. The van der Waals surface area contributed by atoms with Crippen LogP contribution in [0, 0.1) is 0 Å². The van der Waals surface area contributed by atoms with E-state index < -0.39 is 5.60 Å². The molecule has 0 saturated carbocycles. The lowest BCUT2D eigenvalue weighted by Crippen LogP contribution is -2.42. The van der Waals surface area contributed by atoms with Gasteiger partial charge < -0.3 is 10.4 Å². The Morgan fingerprint density at radius 3 is 2.82 bits per heavy atom. The van der Waals surface area contributed by atoms with Crippen molar-refractivity contribution < 1.29 is 9.90 Å². The Hall–Kier alpha value is -1.37. The number of aliphatic hydroxyl groups is 1. The van der Waals surface area contributed by atoms with E-state index in [2.05, 4.69) is 10.3 Å². The maximum Gasteiger partial charge on any atom is 0.270 e. The topological polar surface area (TPSA) is 62.2 Å². The van der Waals surface area contributed by atoms with Crippen LogP contribution in [-0.4, -0.2) is 40.2 Å². The number of nitrogens with zero attached hydrogens (tertiary/aromatic N) is 1. The highest BCUT2D eigenvalue weighted by atomic mass is 32.2. The third kappa shape index (κ3) is 5.12. The van der Waals surface area contributed by atoms with Crippen molar-refractivity contribution in [2.75, 3.05) is 18.6 Å². The molecule has 0 spiro atoms. The molecular formula is C16H20N2O2S2. The van der Waals surface area contributed by atoms with Gasteiger partial charge in [-0.1, -0.05) is 30.3 Å². The second-order valence-corrected chi connectivity index (χ2v) is 7.21. The fraction of sp³-hybridized carbons (Fsp3) is 0.375. The standard InChI is InChI=1S/C16H20N2O2S2/c1-16(20,11-21-2)10-17-15(19)13-9-22-14(18-13)8-12-6-4-3-5-7-12/h3-7,9,20H,8,10-11H2,1-2H3,(H,17,19). The normalized spacial score (nSPS) is 13.6. The van der Waals surface area contributed by atoms with Gasteiger partial charge in [0.15, 0.2) is 0 Å². The Bertz CT molecular complexity index is 612. The lowest BCUT2D eigenvalue weighted by atomic mass is 10.1. The fourth-order valence-electron chi connectivity index (χ4n) is 1.99. The monoisotopic (exact) mass is 336 g/mol. The van der Waals surface area contributed by atoms with Crippen LogP contribution in [0.1, 0.15) is 28.0 Å². The second-order valence-electron chi connectivity index (χ2n) is 5.40. The summed E-state index contributed by atoms with van der Waals surface area (Å²) in [4.78, 5) is 16.4. The zero-order valence-corrected chi connectivity index (χ0v) is 14.3. The highest BCUT2D eigenvalue weighted by Gasteiger charge is 2.21. The van der Waals surface area contributed by atoms with E-state index in [-0.39, 0.29) is 12.5 Å². The van der Waals surface area contributed by atoms with Crippen molar-refractivity contribution in [2.24, 2.45) is 0 Å². The van der Waals surface area contributed by atoms with Crippen LogP contribution in [0.3, 0.4) is 0 Å². The molecule has 1 atom stereocenters. The van der Waals surface area contributed by atoms with Crippen LogP contribution in [0.15, 0.2) is 35.7 Å². The van der Waals surface area contributed by atoms with Gasteiger partial charge in [0.1, 0.15) is 5.69 Å². The summed E-state index contributed by atoms with van der Waals surface area (Å²) in [6.07, 6.45) is 2.65. The van der Waals surface area contributed by atoms with Crippen LogP contribution in [-0.2, 0) is 6.42 Å². The molecule has 1 unspecified atom stereocenters. The number of nitrogens with one attached hydrogen (secondary N) is 1. The van der Waals surface area contributed by atoms with E-state index in [0.29, 0.717) is 11.4 Å². The minimum atomic E-state index is -0.905. The molecule has 0 aliphatic heterocycles. The van der Waals surface area contributed by atoms with Gasteiger partial charge in [0, 0.05) is 24.1 Å². The van der Waals surface area contributed by atoms with E-state index >= 15 is 0 Å². The Morgan fingerprint density at radius 2 is 2.14 bits per heavy atom. The summed E-state index contributed by atoms with van der Waals surface area (Å²) >= 11 is 3.02. The summed E-state index contributed by atoms with van der Waals surface area (Å²) in [5.41, 5.74) is 0.681. The molecular weight excluding hydrogens is 316 g/mol.